The zero-order valence-electron chi connectivity index (χ0n) is 14.2. The van der Waals surface area contributed by atoms with Crippen molar-refractivity contribution in [2.75, 3.05) is 0 Å². The van der Waals surface area contributed by atoms with Gasteiger partial charge in [0.1, 0.15) is 5.25 Å². The molecule has 2 aromatic carbocycles. The van der Waals surface area contributed by atoms with Crippen LogP contribution in [0.5, 0.6) is 0 Å². The second-order valence-electron chi connectivity index (χ2n) is 5.77. The van der Waals surface area contributed by atoms with Crippen LogP contribution in [0.25, 0.3) is 17.3 Å². The van der Waals surface area contributed by atoms with Crippen molar-refractivity contribution in [3.63, 3.8) is 0 Å². The summed E-state index contributed by atoms with van der Waals surface area (Å²) in [5.74, 6) is 0.715. The van der Waals surface area contributed by atoms with E-state index in [1.165, 1.54) is 11.8 Å². The fourth-order valence-electron chi connectivity index (χ4n) is 2.75. The average Bonchev–Trinajstić information content (AvgIpc) is 3.37. The Bertz CT molecular complexity index is 1030. The van der Waals surface area contributed by atoms with E-state index >= 15 is 0 Å². The Labute approximate surface area is 160 Å². The van der Waals surface area contributed by atoms with Gasteiger partial charge in [0, 0.05) is 5.69 Å². The summed E-state index contributed by atoms with van der Waals surface area (Å²) in [5.41, 5.74) is 7.36. The van der Waals surface area contributed by atoms with Gasteiger partial charge in [0.15, 0.2) is 10.9 Å². The first-order chi connectivity index (χ1) is 13.2. The number of hydrogen-bond acceptors (Lipinski definition) is 5. The lowest BCUT2D eigenvalue weighted by Crippen LogP contribution is -2.19. The van der Waals surface area contributed by atoms with E-state index in [2.05, 4.69) is 10.2 Å². The van der Waals surface area contributed by atoms with E-state index in [0.29, 0.717) is 16.7 Å². The standard InChI is InChI=1S/C20H16N4O2S/c21-18(25)17(14-8-3-1-4-9-14)27-20-23-22-19(16-12-7-13-26-16)24(20)15-10-5-2-6-11-15/h1-13,17H,(H2,21,25)/t17-/m0/s1. The molecule has 134 valence electrons. The van der Waals surface area contributed by atoms with E-state index in [0.717, 1.165) is 11.3 Å². The van der Waals surface area contributed by atoms with E-state index in [1.54, 1.807) is 12.3 Å². The lowest BCUT2D eigenvalue weighted by molar-refractivity contribution is -0.117. The third-order valence-electron chi connectivity index (χ3n) is 3.97. The van der Waals surface area contributed by atoms with Crippen molar-refractivity contribution in [3.8, 4) is 17.3 Å². The van der Waals surface area contributed by atoms with Crippen molar-refractivity contribution in [1.29, 1.82) is 0 Å². The Morgan fingerprint density at radius 1 is 0.963 bits per heavy atom. The zero-order chi connectivity index (χ0) is 18.6. The molecule has 2 heterocycles. The van der Waals surface area contributed by atoms with Crippen molar-refractivity contribution < 1.29 is 9.21 Å². The van der Waals surface area contributed by atoms with E-state index in [1.807, 2.05) is 71.3 Å². The Hall–Kier alpha value is -3.32. The summed E-state index contributed by atoms with van der Waals surface area (Å²) in [5, 5.41) is 8.57. The molecule has 0 bridgehead atoms. The number of nitrogens with two attached hydrogens (primary N) is 1. The van der Waals surface area contributed by atoms with Crippen LogP contribution in [0.4, 0.5) is 0 Å². The highest BCUT2D eigenvalue weighted by molar-refractivity contribution is 8.00. The average molecular weight is 376 g/mol. The first-order valence-electron chi connectivity index (χ1n) is 8.29. The lowest BCUT2D eigenvalue weighted by atomic mass is 10.1. The second-order valence-corrected chi connectivity index (χ2v) is 6.84. The number of benzene rings is 2. The summed E-state index contributed by atoms with van der Waals surface area (Å²) < 4.78 is 7.37. The summed E-state index contributed by atoms with van der Waals surface area (Å²) in [7, 11) is 0. The minimum atomic E-state index is -0.581. The molecule has 1 amide bonds. The molecule has 0 saturated carbocycles. The maximum atomic E-state index is 12.1. The van der Waals surface area contributed by atoms with Crippen molar-refractivity contribution in [2.24, 2.45) is 5.73 Å². The minimum Gasteiger partial charge on any atom is -0.461 e. The number of hydrogen-bond donors (Lipinski definition) is 1. The Morgan fingerprint density at radius 3 is 2.30 bits per heavy atom. The molecule has 27 heavy (non-hydrogen) atoms. The summed E-state index contributed by atoms with van der Waals surface area (Å²) in [4.78, 5) is 12.1. The molecule has 0 aliphatic heterocycles. The number of thioether (sulfide) groups is 1. The maximum Gasteiger partial charge on any atom is 0.235 e. The summed E-state index contributed by atoms with van der Waals surface area (Å²) in [6.45, 7) is 0. The third kappa shape index (κ3) is 3.50. The van der Waals surface area contributed by atoms with Crippen molar-refractivity contribution in [1.82, 2.24) is 14.8 Å². The SMILES string of the molecule is NC(=O)[C@@H](Sc1nnc(-c2ccco2)n1-c1ccccc1)c1ccccc1. The number of furan rings is 1. The van der Waals surface area contributed by atoms with Crippen LogP contribution in [0.3, 0.4) is 0 Å². The molecule has 0 unspecified atom stereocenters. The van der Waals surface area contributed by atoms with Gasteiger partial charge in [-0.15, -0.1) is 10.2 Å². The molecule has 0 fully saturated rings. The van der Waals surface area contributed by atoms with Gasteiger partial charge in [0.05, 0.1) is 6.26 Å². The van der Waals surface area contributed by atoms with Crippen LogP contribution < -0.4 is 5.73 Å². The van der Waals surface area contributed by atoms with Crippen LogP contribution in [0.1, 0.15) is 10.8 Å². The quantitative estimate of drug-likeness (QED) is 0.517. The normalized spacial score (nSPS) is 12.0. The van der Waals surface area contributed by atoms with E-state index in [-0.39, 0.29) is 0 Å². The van der Waals surface area contributed by atoms with Crippen LogP contribution in [0.15, 0.2) is 88.6 Å². The van der Waals surface area contributed by atoms with E-state index in [9.17, 15) is 4.79 Å². The molecule has 0 spiro atoms. The molecule has 0 aliphatic rings. The van der Waals surface area contributed by atoms with Gasteiger partial charge in [-0.1, -0.05) is 60.3 Å². The van der Waals surface area contributed by atoms with Gasteiger partial charge < -0.3 is 10.2 Å². The molecule has 4 rings (SSSR count). The van der Waals surface area contributed by atoms with Gasteiger partial charge in [-0.25, -0.2) is 0 Å². The van der Waals surface area contributed by atoms with Crippen LogP contribution in [-0.4, -0.2) is 20.7 Å². The highest BCUT2D eigenvalue weighted by Gasteiger charge is 2.25. The number of nitrogens with zero attached hydrogens (tertiary/aromatic N) is 3. The lowest BCUT2D eigenvalue weighted by Gasteiger charge is -2.14. The summed E-state index contributed by atoms with van der Waals surface area (Å²) in [6.07, 6.45) is 1.59. The predicted molar refractivity (Wildman–Crippen MR) is 103 cm³/mol. The maximum absolute atomic E-state index is 12.1. The van der Waals surface area contributed by atoms with E-state index in [4.69, 9.17) is 10.2 Å². The Kier molecular flexibility index (Phi) is 4.76. The molecular formula is C20H16N4O2S. The predicted octanol–water partition coefficient (Wildman–Crippen LogP) is 3.85. The molecule has 0 radical (unpaired) electrons. The van der Waals surface area contributed by atoms with Crippen molar-refractivity contribution in [2.45, 2.75) is 10.4 Å². The summed E-state index contributed by atoms with van der Waals surface area (Å²) >= 11 is 1.26. The van der Waals surface area contributed by atoms with Gasteiger partial charge in [0.2, 0.25) is 11.7 Å². The molecular weight excluding hydrogens is 360 g/mol. The topological polar surface area (TPSA) is 86.9 Å². The van der Waals surface area contributed by atoms with Gasteiger partial charge in [-0.05, 0) is 29.8 Å². The third-order valence-corrected chi connectivity index (χ3v) is 5.19. The molecule has 0 saturated heterocycles. The number of primary amides is 1. The van der Waals surface area contributed by atoms with Crippen LogP contribution in [-0.2, 0) is 4.79 Å². The fourth-order valence-corrected chi connectivity index (χ4v) is 3.75. The number of para-hydroxylation sites is 1. The first kappa shape index (κ1) is 17.1. The van der Waals surface area contributed by atoms with Crippen LogP contribution in [0.2, 0.25) is 0 Å². The van der Waals surface area contributed by atoms with Crippen LogP contribution >= 0.6 is 11.8 Å². The Balaban J connectivity index is 1.80. The number of carbonyl (C=O) groups is 1. The smallest absolute Gasteiger partial charge is 0.235 e. The highest BCUT2D eigenvalue weighted by Crippen LogP contribution is 2.37. The van der Waals surface area contributed by atoms with Crippen LogP contribution in [0, 0.1) is 0 Å². The molecule has 6 nitrogen and oxygen atoms in total. The van der Waals surface area contributed by atoms with Crippen molar-refractivity contribution >= 4 is 17.7 Å². The highest BCUT2D eigenvalue weighted by atomic mass is 32.2. The zero-order valence-corrected chi connectivity index (χ0v) is 15.0. The second kappa shape index (κ2) is 7.51. The largest absolute Gasteiger partial charge is 0.461 e. The number of carbonyl (C=O) groups excluding carboxylic acids is 1. The molecule has 7 heteroatoms. The molecule has 0 aliphatic carbocycles. The summed E-state index contributed by atoms with van der Waals surface area (Å²) in [6, 6.07) is 22.7. The Morgan fingerprint density at radius 2 is 1.67 bits per heavy atom. The van der Waals surface area contributed by atoms with Crippen molar-refractivity contribution in [3.05, 3.63) is 84.6 Å². The monoisotopic (exact) mass is 376 g/mol. The fraction of sp³-hybridized carbons (Fsp3) is 0.0500. The molecule has 2 aromatic heterocycles. The van der Waals surface area contributed by atoms with E-state index < -0.39 is 11.2 Å². The van der Waals surface area contributed by atoms with Gasteiger partial charge in [-0.2, -0.15) is 0 Å². The minimum absolute atomic E-state index is 0.437. The number of rotatable bonds is 6. The number of aromatic nitrogens is 3. The van der Waals surface area contributed by atoms with Gasteiger partial charge in [0.25, 0.3) is 0 Å². The molecule has 4 aromatic rings. The number of amides is 1. The molecule has 1 atom stereocenters. The molecule has 2 N–H and O–H groups in total. The van der Waals surface area contributed by atoms with Gasteiger partial charge >= 0.3 is 0 Å². The first-order valence-corrected chi connectivity index (χ1v) is 9.17. The van der Waals surface area contributed by atoms with Gasteiger partial charge in [-0.3, -0.25) is 9.36 Å².